The van der Waals surface area contributed by atoms with Crippen LogP contribution in [0.1, 0.15) is 12.0 Å². The van der Waals surface area contributed by atoms with Gasteiger partial charge < -0.3 is 10.2 Å². The molecule has 0 saturated heterocycles. The van der Waals surface area contributed by atoms with E-state index in [1.54, 1.807) is 0 Å². The number of hydrogen-bond donors (Lipinski definition) is 0. The molecule has 14 heavy (non-hydrogen) atoms. The topological polar surface area (TPSA) is 17.3 Å². The van der Waals surface area contributed by atoms with Gasteiger partial charge in [-0.25, -0.2) is 0 Å². The third kappa shape index (κ3) is 3.79. The van der Waals surface area contributed by atoms with Gasteiger partial charge in [0.05, 0.1) is 0 Å². The zero-order valence-corrected chi connectivity index (χ0v) is 9.33. The minimum Gasteiger partial charge on any atom is -0.687 e. The molecule has 0 saturated carbocycles. The van der Waals surface area contributed by atoms with Crippen LogP contribution < -0.4 is 0 Å². The molecule has 0 bridgehead atoms. The summed E-state index contributed by atoms with van der Waals surface area (Å²) in [5.74, 6) is 0. The molecular weight excluding hydrogens is 172 g/mol. The lowest BCUT2D eigenvalue weighted by Gasteiger charge is -2.14. The van der Waals surface area contributed by atoms with Gasteiger partial charge in [0.1, 0.15) is 0 Å². The van der Waals surface area contributed by atoms with E-state index in [1.165, 1.54) is 12.0 Å². The fourth-order valence-electron chi connectivity index (χ4n) is 1.41. The van der Waals surface area contributed by atoms with E-state index < -0.39 is 0 Å². The fraction of sp³-hybridized carbons (Fsp3) is 0.500. The summed E-state index contributed by atoms with van der Waals surface area (Å²) in [6, 6.07) is 8.48. The van der Waals surface area contributed by atoms with Crippen LogP contribution in [-0.2, 0) is 6.42 Å². The quantitative estimate of drug-likeness (QED) is 0.699. The van der Waals surface area contributed by atoms with Gasteiger partial charge in [0.15, 0.2) is 0 Å². The summed E-state index contributed by atoms with van der Waals surface area (Å²) in [6.07, 6.45) is 2.37. The second-order valence-corrected chi connectivity index (χ2v) is 3.80. The number of aryl methyl sites for hydroxylation is 1. The third-order valence-corrected chi connectivity index (χ3v) is 2.27. The Morgan fingerprint density at radius 2 is 1.79 bits per heavy atom. The number of benzene rings is 1. The summed E-state index contributed by atoms with van der Waals surface area (Å²) >= 11 is 0. The zero-order valence-electron chi connectivity index (χ0n) is 9.33. The SMILES string of the molecule is C[N-]c1ccc(CCCN(C)C)cc1. The average Bonchev–Trinajstić information content (AvgIpc) is 2.18. The van der Waals surface area contributed by atoms with Crippen molar-refractivity contribution in [2.45, 2.75) is 12.8 Å². The molecule has 1 aromatic rings. The Labute approximate surface area is 86.9 Å². The van der Waals surface area contributed by atoms with Crippen LogP contribution >= 0.6 is 0 Å². The van der Waals surface area contributed by atoms with Crippen molar-refractivity contribution < 1.29 is 0 Å². The van der Waals surface area contributed by atoms with E-state index in [9.17, 15) is 0 Å². The Balaban J connectivity index is 2.36. The molecule has 0 aromatic heterocycles. The predicted molar refractivity (Wildman–Crippen MR) is 62.3 cm³/mol. The summed E-state index contributed by atoms with van der Waals surface area (Å²) in [5, 5.41) is 4.11. The lowest BCUT2D eigenvalue weighted by Crippen LogP contribution is -2.13. The summed E-state index contributed by atoms with van der Waals surface area (Å²) in [5.41, 5.74) is 2.46. The van der Waals surface area contributed by atoms with Gasteiger partial charge in [0, 0.05) is 0 Å². The van der Waals surface area contributed by atoms with Crippen LogP contribution in [0.2, 0.25) is 0 Å². The summed E-state index contributed by atoms with van der Waals surface area (Å²) in [4.78, 5) is 2.22. The highest BCUT2D eigenvalue weighted by molar-refractivity contribution is 5.48. The number of rotatable bonds is 5. The second kappa shape index (κ2) is 5.66. The summed E-state index contributed by atoms with van der Waals surface area (Å²) < 4.78 is 0. The Bertz CT molecular complexity index is 252. The molecule has 0 aliphatic carbocycles. The van der Waals surface area contributed by atoms with Gasteiger partial charge in [-0.2, -0.15) is 0 Å². The highest BCUT2D eigenvalue weighted by Gasteiger charge is 1.93. The van der Waals surface area contributed by atoms with Crippen molar-refractivity contribution in [2.75, 3.05) is 27.7 Å². The van der Waals surface area contributed by atoms with E-state index in [-0.39, 0.29) is 0 Å². The molecular formula is C12H19N2-. The van der Waals surface area contributed by atoms with Crippen LogP contribution in [0.15, 0.2) is 24.3 Å². The maximum atomic E-state index is 4.11. The Hall–Kier alpha value is -1.02. The fourth-order valence-corrected chi connectivity index (χ4v) is 1.41. The van der Waals surface area contributed by atoms with Crippen LogP contribution in [0.5, 0.6) is 0 Å². The smallest absolute Gasteiger partial charge is 0.00217 e. The molecule has 0 amide bonds. The largest absolute Gasteiger partial charge is 0.687 e. The highest BCUT2D eigenvalue weighted by atomic mass is 15.0. The predicted octanol–water partition coefficient (Wildman–Crippen LogP) is 2.82. The monoisotopic (exact) mass is 191 g/mol. The lowest BCUT2D eigenvalue weighted by molar-refractivity contribution is 0.400. The first kappa shape index (κ1) is 11.1. The molecule has 0 unspecified atom stereocenters. The lowest BCUT2D eigenvalue weighted by atomic mass is 10.1. The van der Waals surface area contributed by atoms with Crippen molar-refractivity contribution in [1.82, 2.24) is 4.90 Å². The van der Waals surface area contributed by atoms with E-state index in [0.29, 0.717) is 0 Å². The molecule has 78 valence electrons. The van der Waals surface area contributed by atoms with Gasteiger partial charge in [-0.05, 0) is 39.0 Å². The van der Waals surface area contributed by atoms with Crippen molar-refractivity contribution in [3.8, 4) is 0 Å². The van der Waals surface area contributed by atoms with E-state index in [1.807, 2.05) is 7.05 Å². The Kier molecular flexibility index (Phi) is 4.47. The summed E-state index contributed by atoms with van der Waals surface area (Å²) in [7, 11) is 6.04. The van der Waals surface area contributed by atoms with Crippen molar-refractivity contribution in [3.05, 3.63) is 35.1 Å². The molecule has 0 spiro atoms. The van der Waals surface area contributed by atoms with Crippen molar-refractivity contribution in [2.24, 2.45) is 0 Å². The van der Waals surface area contributed by atoms with Crippen LogP contribution in [-0.4, -0.2) is 32.6 Å². The van der Waals surface area contributed by atoms with Gasteiger partial charge in [-0.1, -0.05) is 24.3 Å². The minimum atomic E-state index is 1.06. The van der Waals surface area contributed by atoms with Gasteiger partial charge in [-0.15, -0.1) is 12.7 Å². The first-order valence-electron chi connectivity index (χ1n) is 5.06. The first-order chi connectivity index (χ1) is 6.72. The molecule has 2 nitrogen and oxygen atoms in total. The Morgan fingerprint density at radius 1 is 1.14 bits per heavy atom. The second-order valence-electron chi connectivity index (χ2n) is 3.80. The van der Waals surface area contributed by atoms with E-state index >= 15 is 0 Å². The average molecular weight is 191 g/mol. The molecule has 0 N–H and O–H groups in total. The normalized spacial score (nSPS) is 10.6. The molecule has 0 aliphatic heterocycles. The van der Waals surface area contributed by atoms with Crippen molar-refractivity contribution in [3.63, 3.8) is 0 Å². The highest BCUT2D eigenvalue weighted by Crippen LogP contribution is 2.16. The van der Waals surface area contributed by atoms with E-state index in [4.69, 9.17) is 0 Å². The van der Waals surface area contributed by atoms with Crippen molar-refractivity contribution >= 4 is 5.69 Å². The van der Waals surface area contributed by atoms with E-state index in [0.717, 1.165) is 18.7 Å². The van der Waals surface area contributed by atoms with Crippen LogP contribution in [0.25, 0.3) is 5.32 Å². The third-order valence-electron chi connectivity index (χ3n) is 2.27. The van der Waals surface area contributed by atoms with Crippen LogP contribution in [0, 0.1) is 0 Å². The number of hydrogen-bond acceptors (Lipinski definition) is 1. The first-order valence-corrected chi connectivity index (χ1v) is 5.06. The molecule has 1 rings (SSSR count). The molecule has 1 aromatic carbocycles. The molecule has 2 heteroatoms. The van der Waals surface area contributed by atoms with Gasteiger partial charge in [-0.3, -0.25) is 0 Å². The molecule has 0 atom stereocenters. The summed E-state index contributed by atoms with van der Waals surface area (Å²) in [6.45, 7) is 1.15. The van der Waals surface area contributed by atoms with E-state index in [2.05, 4.69) is 48.6 Å². The molecule has 0 aliphatic rings. The maximum absolute atomic E-state index is 4.11. The molecule has 0 fully saturated rings. The zero-order chi connectivity index (χ0) is 10.4. The Morgan fingerprint density at radius 3 is 2.29 bits per heavy atom. The van der Waals surface area contributed by atoms with Crippen molar-refractivity contribution in [1.29, 1.82) is 0 Å². The van der Waals surface area contributed by atoms with Crippen LogP contribution in [0.3, 0.4) is 0 Å². The van der Waals surface area contributed by atoms with Crippen LogP contribution in [0.4, 0.5) is 5.69 Å². The van der Waals surface area contributed by atoms with Gasteiger partial charge >= 0.3 is 0 Å². The maximum Gasteiger partial charge on any atom is -0.00217 e. The molecule has 0 heterocycles. The molecule has 0 radical (unpaired) electrons. The number of nitrogens with zero attached hydrogens (tertiary/aromatic N) is 2. The van der Waals surface area contributed by atoms with Gasteiger partial charge in [0.25, 0.3) is 0 Å². The standard InChI is InChI=1S/C12H19N2/c1-13-12-8-6-11(7-9-12)5-4-10-14(2)3/h6-9H,4-5,10H2,1-3H3/q-1. The minimum absolute atomic E-state index is 1.06. The van der Waals surface area contributed by atoms with Gasteiger partial charge in [0.2, 0.25) is 0 Å².